The molecule has 4 aliphatic carbocycles. The molecule has 0 amide bonds. The van der Waals surface area contributed by atoms with Crippen molar-refractivity contribution in [1.82, 2.24) is 0 Å². The van der Waals surface area contributed by atoms with Gasteiger partial charge in [0.05, 0.1) is 12.2 Å². The number of hydrogen-bond acceptors (Lipinski definition) is 3. The van der Waals surface area contributed by atoms with Crippen LogP contribution in [0.3, 0.4) is 0 Å². The van der Waals surface area contributed by atoms with E-state index in [0.717, 1.165) is 25.7 Å². The lowest BCUT2D eigenvalue weighted by atomic mass is 9.42. The summed E-state index contributed by atoms with van der Waals surface area (Å²) in [7, 11) is 0. The molecule has 4 fully saturated rings. The lowest BCUT2D eigenvalue weighted by molar-refractivity contribution is -0.147. The molecule has 10 atom stereocenters. The monoisotopic (exact) mass is 390 g/mol. The Morgan fingerprint density at radius 2 is 1.71 bits per heavy atom. The summed E-state index contributed by atoms with van der Waals surface area (Å²) < 4.78 is 0. The highest BCUT2D eigenvalue weighted by atomic mass is 16.3. The average molecular weight is 391 g/mol. The van der Waals surface area contributed by atoms with Crippen LogP contribution in [0.5, 0.6) is 0 Å². The van der Waals surface area contributed by atoms with E-state index >= 15 is 0 Å². The molecule has 0 aromatic rings. The molecule has 0 aromatic heterocycles. The SMILES string of the molecule is CC=C1[C@H](O)[C@@H]2[C@H](CC[C@]3(C)[C@@H]([C@H](C)CCO)CC[C@@H]23)[C@@]2(C)CC[C@@H](O)C[C@@H]12. The van der Waals surface area contributed by atoms with Crippen molar-refractivity contribution in [3.8, 4) is 0 Å². The molecule has 160 valence electrons. The van der Waals surface area contributed by atoms with Gasteiger partial charge in [-0.2, -0.15) is 0 Å². The van der Waals surface area contributed by atoms with Gasteiger partial charge < -0.3 is 15.3 Å². The minimum absolute atomic E-state index is 0.208. The van der Waals surface area contributed by atoms with Gasteiger partial charge in [0.15, 0.2) is 0 Å². The Hall–Kier alpha value is -0.380. The van der Waals surface area contributed by atoms with E-state index in [1.807, 2.05) is 0 Å². The molecule has 4 rings (SSSR count). The van der Waals surface area contributed by atoms with Crippen LogP contribution in [-0.2, 0) is 0 Å². The number of hydrogen-bond donors (Lipinski definition) is 3. The van der Waals surface area contributed by atoms with E-state index in [2.05, 4.69) is 33.8 Å². The fourth-order valence-electron chi connectivity index (χ4n) is 8.86. The first-order chi connectivity index (χ1) is 13.3. The average Bonchev–Trinajstić information content (AvgIpc) is 3.01. The van der Waals surface area contributed by atoms with Crippen molar-refractivity contribution in [2.75, 3.05) is 6.61 Å². The largest absolute Gasteiger partial charge is 0.396 e. The molecule has 0 unspecified atom stereocenters. The van der Waals surface area contributed by atoms with E-state index in [1.54, 1.807) is 0 Å². The molecule has 0 saturated heterocycles. The van der Waals surface area contributed by atoms with Gasteiger partial charge in [-0.3, -0.25) is 0 Å². The summed E-state index contributed by atoms with van der Waals surface area (Å²) in [6.45, 7) is 9.68. The number of aliphatic hydroxyl groups is 3. The second-order valence-electron chi connectivity index (χ2n) is 11.2. The molecule has 0 aromatic carbocycles. The third-order valence-electron chi connectivity index (χ3n) is 10.3. The van der Waals surface area contributed by atoms with Crippen molar-refractivity contribution in [1.29, 1.82) is 0 Å². The van der Waals surface area contributed by atoms with Crippen LogP contribution in [0.25, 0.3) is 0 Å². The van der Waals surface area contributed by atoms with Gasteiger partial charge in [0.2, 0.25) is 0 Å². The molecule has 0 spiro atoms. The third kappa shape index (κ3) is 2.87. The first kappa shape index (κ1) is 20.9. The van der Waals surface area contributed by atoms with E-state index in [-0.39, 0.29) is 24.2 Å². The predicted octanol–water partition coefficient (Wildman–Crippen LogP) is 4.55. The maximum absolute atomic E-state index is 11.6. The van der Waals surface area contributed by atoms with Crippen LogP contribution >= 0.6 is 0 Å². The molecule has 0 radical (unpaired) electrons. The fraction of sp³-hybridized carbons (Fsp3) is 0.920. The normalized spacial score (nSPS) is 53.4. The zero-order valence-corrected chi connectivity index (χ0v) is 18.4. The number of rotatable bonds is 3. The van der Waals surface area contributed by atoms with Gasteiger partial charge in [-0.25, -0.2) is 0 Å². The smallest absolute Gasteiger partial charge is 0.0786 e. The lowest BCUT2D eigenvalue weighted by Gasteiger charge is -2.63. The summed E-state index contributed by atoms with van der Waals surface area (Å²) in [5.74, 6) is 3.11. The maximum Gasteiger partial charge on any atom is 0.0786 e. The summed E-state index contributed by atoms with van der Waals surface area (Å²) in [6.07, 6.45) is 10.3. The van der Waals surface area contributed by atoms with Crippen molar-refractivity contribution in [3.05, 3.63) is 11.6 Å². The van der Waals surface area contributed by atoms with Gasteiger partial charge in [0.25, 0.3) is 0 Å². The first-order valence-corrected chi connectivity index (χ1v) is 11.9. The van der Waals surface area contributed by atoms with Crippen molar-refractivity contribution in [2.24, 2.45) is 46.3 Å². The summed E-state index contributed by atoms with van der Waals surface area (Å²) in [4.78, 5) is 0. The van der Waals surface area contributed by atoms with Crippen molar-refractivity contribution in [3.63, 3.8) is 0 Å². The fourth-order valence-corrected chi connectivity index (χ4v) is 8.86. The summed E-state index contributed by atoms with van der Waals surface area (Å²) in [5.41, 5.74) is 1.74. The van der Waals surface area contributed by atoms with Crippen LogP contribution in [0.2, 0.25) is 0 Å². The zero-order chi connectivity index (χ0) is 20.3. The molecule has 4 saturated carbocycles. The molecule has 4 aliphatic rings. The van der Waals surface area contributed by atoms with Gasteiger partial charge in [-0.05, 0) is 110 Å². The topological polar surface area (TPSA) is 60.7 Å². The third-order valence-corrected chi connectivity index (χ3v) is 10.3. The second kappa shape index (κ2) is 7.39. The maximum atomic E-state index is 11.6. The Kier molecular flexibility index (Phi) is 5.51. The van der Waals surface area contributed by atoms with E-state index < -0.39 is 0 Å². The highest BCUT2D eigenvalue weighted by molar-refractivity contribution is 5.26. The zero-order valence-electron chi connectivity index (χ0n) is 18.4. The summed E-state index contributed by atoms with van der Waals surface area (Å²) >= 11 is 0. The van der Waals surface area contributed by atoms with Gasteiger partial charge in [0.1, 0.15) is 0 Å². The van der Waals surface area contributed by atoms with Crippen LogP contribution in [-0.4, -0.2) is 34.1 Å². The summed E-state index contributed by atoms with van der Waals surface area (Å²) in [6, 6.07) is 0. The molecular weight excluding hydrogens is 348 g/mol. The molecule has 3 N–H and O–H groups in total. The van der Waals surface area contributed by atoms with Gasteiger partial charge in [-0.15, -0.1) is 0 Å². The molecular formula is C25H42O3. The highest BCUT2D eigenvalue weighted by Gasteiger charge is 2.63. The van der Waals surface area contributed by atoms with Crippen LogP contribution < -0.4 is 0 Å². The molecule has 3 heteroatoms. The van der Waals surface area contributed by atoms with Crippen molar-refractivity contribution >= 4 is 0 Å². The quantitative estimate of drug-likeness (QED) is 0.620. The Morgan fingerprint density at radius 1 is 1.04 bits per heavy atom. The Morgan fingerprint density at radius 3 is 2.39 bits per heavy atom. The van der Waals surface area contributed by atoms with E-state index in [0.29, 0.717) is 40.9 Å². The summed E-state index contributed by atoms with van der Waals surface area (Å²) in [5, 5.41) is 31.5. The minimum atomic E-state index is -0.338. The number of fused-ring (bicyclic) bond motifs is 5. The van der Waals surface area contributed by atoms with Crippen molar-refractivity contribution < 1.29 is 15.3 Å². The van der Waals surface area contributed by atoms with Gasteiger partial charge in [0, 0.05) is 6.61 Å². The Labute approximate surface area is 171 Å². The standard InChI is InChI=1S/C25H42O3/c1-5-17-21-14-16(27)8-11-25(21,4)20-9-12-24(3)18(15(2)10-13-26)6-7-19(24)22(20)23(17)28/h5,15-16,18-23,26-28H,6-14H2,1-4H3/t15-,16-,18-,19+,20+,21+,22+,23+,24-,25-/m1/s1. The first-order valence-electron chi connectivity index (χ1n) is 11.9. The minimum Gasteiger partial charge on any atom is -0.396 e. The van der Waals surface area contributed by atoms with Gasteiger partial charge in [-0.1, -0.05) is 26.8 Å². The van der Waals surface area contributed by atoms with Gasteiger partial charge >= 0.3 is 0 Å². The lowest BCUT2D eigenvalue weighted by Crippen LogP contribution is -2.59. The molecule has 0 bridgehead atoms. The van der Waals surface area contributed by atoms with Crippen LogP contribution in [0.15, 0.2) is 11.6 Å². The van der Waals surface area contributed by atoms with Crippen LogP contribution in [0.4, 0.5) is 0 Å². The van der Waals surface area contributed by atoms with E-state index in [9.17, 15) is 15.3 Å². The van der Waals surface area contributed by atoms with Crippen molar-refractivity contribution in [2.45, 2.75) is 91.3 Å². The highest BCUT2D eigenvalue weighted by Crippen LogP contribution is 2.69. The Balaban J connectivity index is 1.69. The molecule has 28 heavy (non-hydrogen) atoms. The second-order valence-corrected chi connectivity index (χ2v) is 11.2. The van der Waals surface area contributed by atoms with E-state index in [4.69, 9.17) is 0 Å². The van der Waals surface area contributed by atoms with Crippen LogP contribution in [0, 0.1) is 46.3 Å². The molecule has 3 nitrogen and oxygen atoms in total. The molecule has 0 heterocycles. The van der Waals surface area contributed by atoms with Crippen LogP contribution in [0.1, 0.15) is 79.1 Å². The molecule has 0 aliphatic heterocycles. The number of allylic oxidation sites excluding steroid dienone is 1. The Bertz CT molecular complexity index is 615. The van der Waals surface area contributed by atoms with E-state index in [1.165, 1.54) is 31.3 Å². The predicted molar refractivity (Wildman–Crippen MR) is 113 cm³/mol. The number of aliphatic hydroxyl groups excluding tert-OH is 3.